The van der Waals surface area contributed by atoms with Crippen molar-refractivity contribution in [2.75, 3.05) is 39.6 Å². The minimum Gasteiger partial charge on any atom is -0.268 e. The first-order valence-electron chi connectivity index (χ1n) is 7.02. The summed E-state index contributed by atoms with van der Waals surface area (Å²) in [4.78, 5) is 10.2. The molecule has 4 fully saturated rings. The molecule has 4 aliphatic heterocycles. The number of quaternary nitrogens is 3. The number of nitrogens with zero attached hydrogens (tertiary/aromatic N) is 1. The summed E-state index contributed by atoms with van der Waals surface area (Å²) in [6.45, 7) is 7.60. The fraction of sp³-hybridized carbons (Fsp3) is 0.500. The standard InChI is InChI=1S/C14H17BrN4/c15-13-3-1-12(2-4-13)5-16-14-6-17-9-18(7-14)11-19(8-14)10-17/h1-5H,6-11H2/p+3. The Hall–Kier alpha value is -0.750. The maximum Gasteiger partial charge on any atom is 0.213 e. The van der Waals surface area contributed by atoms with Crippen LogP contribution < -0.4 is 14.7 Å². The zero-order chi connectivity index (χ0) is 12.9. The second-order valence-electron chi connectivity index (χ2n) is 6.34. The van der Waals surface area contributed by atoms with Gasteiger partial charge in [0.05, 0.1) is 0 Å². The minimum absolute atomic E-state index is 0.196. The van der Waals surface area contributed by atoms with Gasteiger partial charge in [0.1, 0.15) is 19.6 Å². The van der Waals surface area contributed by atoms with E-state index in [9.17, 15) is 0 Å². The van der Waals surface area contributed by atoms with Gasteiger partial charge in [0.15, 0.2) is 0 Å². The van der Waals surface area contributed by atoms with Crippen LogP contribution in [0.1, 0.15) is 5.56 Å². The van der Waals surface area contributed by atoms with Crippen LogP contribution in [0, 0.1) is 0 Å². The lowest BCUT2D eigenvalue weighted by molar-refractivity contribution is -1.29. The molecule has 0 aliphatic carbocycles. The van der Waals surface area contributed by atoms with Crippen molar-refractivity contribution in [3.63, 3.8) is 0 Å². The molecule has 5 rings (SSSR count). The van der Waals surface area contributed by atoms with Crippen molar-refractivity contribution in [3.05, 3.63) is 34.3 Å². The largest absolute Gasteiger partial charge is 0.268 e. The lowest BCUT2D eigenvalue weighted by atomic mass is 9.91. The average Bonchev–Trinajstić information content (AvgIpc) is 2.36. The number of nitrogens with one attached hydrogen (secondary N) is 3. The Morgan fingerprint density at radius 3 is 2.00 bits per heavy atom. The summed E-state index contributed by atoms with van der Waals surface area (Å²) in [5.41, 5.74) is 1.40. The average molecular weight is 324 g/mol. The molecule has 4 nitrogen and oxygen atoms in total. The lowest BCUT2D eigenvalue weighted by Gasteiger charge is -2.50. The zero-order valence-electron chi connectivity index (χ0n) is 11.0. The van der Waals surface area contributed by atoms with Crippen molar-refractivity contribution < 1.29 is 14.7 Å². The first kappa shape index (κ1) is 12.0. The molecule has 5 heteroatoms. The third kappa shape index (κ3) is 2.25. The molecule has 4 heterocycles. The molecule has 3 N–H and O–H groups in total. The summed E-state index contributed by atoms with van der Waals surface area (Å²) in [5.74, 6) is 0. The van der Waals surface area contributed by atoms with Crippen LogP contribution in [0.4, 0.5) is 0 Å². The number of halogens is 1. The maximum atomic E-state index is 5.01. The van der Waals surface area contributed by atoms with Gasteiger partial charge in [-0.2, -0.15) is 0 Å². The van der Waals surface area contributed by atoms with E-state index in [4.69, 9.17) is 4.99 Å². The fourth-order valence-corrected chi connectivity index (χ4v) is 4.37. The third-order valence-corrected chi connectivity index (χ3v) is 5.12. The minimum atomic E-state index is 0.196. The molecule has 100 valence electrons. The van der Waals surface area contributed by atoms with Crippen molar-refractivity contribution in [2.24, 2.45) is 4.99 Å². The number of hydrogen-bond acceptors (Lipinski definition) is 1. The monoisotopic (exact) mass is 323 g/mol. The second kappa shape index (κ2) is 4.38. The molecule has 0 aromatic heterocycles. The highest BCUT2D eigenvalue weighted by Gasteiger charge is 2.57. The van der Waals surface area contributed by atoms with Crippen molar-refractivity contribution >= 4 is 22.1 Å². The molecular formula is C14H20BrN4+3. The van der Waals surface area contributed by atoms with Crippen LogP contribution in [-0.2, 0) is 0 Å². The van der Waals surface area contributed by atoms with E-state index in [1.807, 2.05) is 0 Å². The molecule has 4 bridgehead atoms. The number of aliphatic imine (C=N–C) groups is 1. The van der Waals surface area contributed by atoms with Crippen molar-refractivity contribution in [2.45, 2.75) is 5.54 Å². The summed E-state index contributed by atoms with van der Waals surface area (Å²) in [7, 11) is 0. The highest BCUT2D eigenvalue weighted by Crippen LogP contribution is 2.12. The molecule has 4 saturated heterocycles. The van der Waals surface area contributed by atoms with Gasteiger partial charge < -0.3 is 0 Å². The predicted molar refractivity (Wildman–Crippen MR) is 76.6 cm³/mol. The first-order chi connectivity index (χ1) is 9.21. The summed E-state index contributed by atoms with van der Waals surface area (Å²) < 4.78 is 1.13. The van der Waals surface area contributed by atoms with Crippen LogP contribution in [0.3, 0.4) is 0 Å². The Balaban J connectivity index is 1.57. The van der Waals surface area contributed by atoms with E-state index in [0.29, 0.717) is 0 Å². The van der Waals surface area contributed by atoms with Gasteiger partial charge in [0.25, 0.3) is 0 Å². The Morgan fingerprint density at radius 2 is 1.47 bits per heavy atom. The number of benzene rings is 1. The van der Waals surface area contributed by atoms with E-state index in [-0.39, 0.29) is 5.54 Å². The van der Waals surface area contributed by atoms with Gasteiger partial charge in [-0.1, -0.05) is 28.1 Å². The Kier molecular flexibility index (Phi) is 2.77. The van der Waals surface area contributed by atoms with Crippen LogP contribution >= 0.6 is 15.9 Å². The summed E-state index contributed by atoms with van der Waals surface area (Å²) in [6.07, 6.45) is 2.08. The van der Waals surface area contributed by atoms with Crippen molar-refractivity contribution in [1.82, 2.24) is 0 Å². The van der Waals surface area contributed by atoms with Gasteiger partial charge in [0, 0.05) is 10.7 Å². The quantitative estimate of drug-likeness (QED) is 0.489. The van der Waals surface area contributed by atoms with Gasteiger partial charge in [-0.25, -0.2) is 14.7 Å². The van der Waals surface area contributed by atoms with E-state index < -0.39 is 0 Å². The Bertz CT molecular complexity index is 475. The van der Waals surface area contributed by atoms with Crippen LogP contribution in [-0.4, -0.2) is 51.4 Å². The molecular weight excluding hydrogens is 304 g/mol. The first-order valence-corrected chi connectivity index (χ1v) is 7.82. The summed E-state index contributed by atoms with van der Waals surface area (Å²) >= 11 is 3.47. The summed E-state index contributed by atoms with van der Waals surface area (Å²) in [6, 6.07) is 8.42. The number of hydrogen-bond donors (Lipinski definition) is 3. The van der Waals surface area contributed by atoms with Gasteiger partial charge in [-0.15, -0.1) is 0 Å². The number of rotatable bonds is 2. The zero-order valence-corrected chi connectivity index (χ0v) is 12.5. The van der Waals surface area contributed by atoms with Crippen LogP contribution in [0.25, 0.3) is 0 Å². The molecule has 0 spiro atoms. The highest BCUT2D eigenvalue weighted by atomic mass is 79.9. The molecule has 0 radical (unpaired) electrons. The van der Waals surface area contributed by atoms with Crippen molar-refractivity contribution in [1.29, 1.82) is 0 Å². The highest BCUT2D eigenvalue weighted by molar-refractivity contribution is 9.10. The van der Waals surface area contributed by atoms with Crippen molar-refractivity contribution in [3.8, 4) is 0 Å². The molecule has 1 aromatic rings. The van der Waals surface area contributed by atoms with Crippen LogP contribution in [0.5, 0.6) is 0 Å². The smallest absolute Gasteiger partial charge is 0.213 e. The normalized spacial score (nSPS) is 40.2. The topological polar surface area (TPSA) is 25.7 Å². The molecule has 1 aromatic carbocycles. The van der Waals surface area contributed by atoms with E-state index in [2.05, 4.69) is 46.4 Å². The molecule has 0 unspecified atom stereocenters. The van der Waals surface area contributed by atoms with Gasteiger partial charge in [-0.3, -0.25) is 4.99 Å². The Morgan fingerprint density at radius 1 is 0.947 bits per heavy atom. The van der Waals surface area contributed by atoms with Crippen LogP contribution in [0.2, 0.25) is 0 Å². The van der Waals surface area contributed by atoms with Crippen LogP contribution in [0.15, 0.2) is 33.7 Å². The molecule has 4 aliphatic rings. The molecule has 19 heavy (non-hydrogen) atoms. The van der Waals surface area contributed by atoms with E-state index in [0.717, 1.165) is 4.47 Å². The Labute approximate surface area is 121 Å². The van der Waals surface area contributed by atoms with E-state index in [1.165, 1.54) is 45.2 Å². The molecule has 0 saturated carbocycles. The predicted octanol–water partition coefficient (Wildman–Crippen LogP) is -2.83. The fourth-order valence-electron chi connectivity index (χ4n) is 4.10. The third-order valence-electron chi connectivity index (χ3n) is 4.59. The van der Waals surface area contributed by atoms with Gasteiger partial charge in [0.2, 0.25) is 25.5 Å². The second-order valence-corrected chi connectivity index (χ2v) is 7.26. The summed E-state index contributed by atoms with van der Waals surface area (Å²) in [5, 5.41) is 0. The van der Waals surface area contributed by atoms with E-state index >= 15 is 0 Å². The van der Waals surface area contributed by atoms with Gasteiger partial charge in [-0.05, 0) is 17.7 Å². The SMILES string of the molecule is Brc1ccc(C=NC23C[NH+]4C[NH+](C[NH+](C4)C2)C3)cc1. The van der Waals surface area contributed by atoms with E-state index in [1.54, 1.807) is 14.7 Å². The molecule has 0 amide bonds. The van der Waals surface area contributed by atoms with Gasteiger partial charge >= 0.3 is 0 Å². The maximum absolute atomic E-state index is 5.01. The lowest BCUT2D eigenvalue weighted by Crippen LogP contribution is -3.56. The molecule has 0 atom stereocenters.